The number of nitrogens with one attached hydrogen (secondary N) is 1. The number of H-pyrrole nitrogens is 1. The van der Waals surface area contributed by atoms with Crippen molar-refractivity contribution in [2.75, 3.05) is 39.5 Å². The summed E-state index contributed by atoms with van der Waals surface area (Å²) >= 11 is 0. The normalized spacial score (nSPS) is 19.6. The fraction of sp³-hybridized carbons (Fsp3) is 0.409. The Morgan fingerprint density at radius 1 is 0.855 bits per heavy atom. The number of alkyl halides is 2. The SMILES string of the molecule is C[C@@H]1Cc2c([nH]c3ccc(F)cc23)C(c2c(F)cc(OC3CN(CCCF)C3)cc2F)N1CC(C)(F)CO[Si](c1ccccc1)(c1ccccc1)C(C)(C)C. The first kappa shape index (κ1) is 39.2. The number of benzene rings is 4. The molecular weight excluding hydrogens is 726 g/mol. The number of aromatic nitrogens is 1. The number of hydrogen-bond donors (Lipinski definition) is 1. The smallest absolute Gasteiger partial charge is 0.261 e. The molecule has 3 atom stereocenters. The molecule has 5 aromatic rings. The molecule has 2 unspecified atom stereocenters. The quantitative estimate of drug-likeness (QED) is 0.0961. The van der Waals surface area contributed by atoms with Gasteiger partial charge in [-0.15, -0.1) is 0 Å². The zero-order valence-electron chi connectivity index (χ0n) is 32.1. The predicted molar refractivity (Wildman–Crippen MR) is 211 cm³/mol. The van der Waals surface area contributed by atoms with Crippen LogP contribution in [0.2, 0.25) is 5.04 Å². The standard InChI is InChI=1S/C44H50F5N3O2Si/c1-29-21-36-35-22-30(46)17-18-39(35)50-41(36)42(40-37(47)23-31(24-38(40)48)54-32-25-51(26-32)20-12-19-45)52(29)27-44(5,49)28-53-55(43(2,3)4,33-13-8-6-9-14-33)34-15-10-7-11-16-34/h6-11,13-18,22-24,29,32,42,50H,12,19-21,25-28H2,1-5H3/t29-,42?,44?/m1/s1. The lowest BCUT2D eigenvalue weighted by atomic mass is 9.87. The Bertz CT molecular complexity index is 2040. The Hall–Kier alpha value is -4.03. The topological polar surface area (TPSA) is 40.7 Å². The van der Waals surface area contributed by atoms with E-state index in [9.17, 15) is 8.78 Å². The highest BCUT2D eigenvalue weighted by Gasteiger charge is 2.52. The first-order valence-corrected chi connectivity index (χ1v) is 21.0. The van der Waals surface area contributed by atoms with Crippen molar-refractivity contribution in [1.29, 1.82) is 0 Å². The van der Waals surface area contributed by atoms with Crippen molar-refractivity contribution in [2.45, 2.75) is 76.4 Å². The molecule has 1 aromatic heterocycles. The molecule has 0 saturated carbocycles. The molecule has 2 aliphatic rings. The van der Waals surface area contributed by atoms with Crippen molar-refractivity contribution in [2.24, 2.45) is 0 Å². The van der Waals surface area contributed by atoms with E-state index >= 15 is 13.2 Å². The lowest BCUT2D eigenvalue weighted by Crippen LogP contribution is -2.67. The summed E-state index contributed by atoms with van der Waals surface area (Å²) in [6, 6.07) is 25.3. The maximum Gasteiger partial charge on any atom is 0.261 e. The molecule has 5 nitrogen and oxygen atoms in total. The lowest BCUT2D eigenvalue weighted by Gasteiger charge is -2.46. The summed E-state index contributed by atoms with van der Waals surface area (Å²) in [6.45, 7) is 10.6. The minimum Gasteiger partial charge on any atom is -0.488 e. The Morgan fingerprint density at radius 2 is 1.47 bits per heavy atom. The predicted octanol–water partition coefficient (Wildman–Crippen LogP) is 8.65. The van der Waals surface area contributed by atoms with Crippen LogP contribution >= 0.6 is 0 Å². The maximum atomic E-state index is 17.4. The van der Waals surface area contributed by atoms with Gasteiger partial charge in [-0.2, -0.15) is 0 Å². The number of rotatable bonds is 13. The second-order valence-electron chi connectivity index (χ2n) is 16.5. The number of fused-ring (bicyclic) bond motifs is 3. The maximum absolute atomic E-state index is 17.4. The molecular formula is C44H50F5N3O2Si. The molecule has 4 aromatic carbocycles. The molecule has 1 N–H and O–H groups in total. The van der Waals surface area contributed by atoms with Crippen LogP contribution in [0.4, 0.5) is 22.0 Å². The Morgan fingerprint density at radius 3 is 2.05 bits per heavy atom. The van der Waals surface area contributed by atoms with E-state index in [-0.39, 0.29) is 41.6 Å². The van der Waals surface area contributed by atoms with E-state index in [1.165, 1.54) is 31.2 Å². The van der Waals surface area contributed by atoms with Crippen LogP contribution in [-0.2, 0) is 10.8 Å². The highest BCUT2D eigenvalue weighted by atomic mass is 28.4. The highest BCUT2D eigenvalue weighted by molar-refractivity contribution is 6.99. The summed E-state index contributed by atoms with van der Waals surface area (Å²) < 4.78 is 90.6. The van der Waals surface area contributed by atoms with E-state index < -0.39 is 44.2 Å². The van der Waals surface area contributed by atoms with Gasteiger partial charge in [-0.25, -0.2) is 17.6 Å². The molecule has 1 saturated heterocycles. The lowest BCUT2D eigenvalue weighted by molar-refractivity contribution is 0.0171. The van der Waals surface area contributed by atoms with Crippen LogP contribution in [0, 0.1) is 17.5 Å². The van der Waals surface area contributed by atoms with Crippen LogP contribution in [0.15, 0.2) is 91.0 Å². The van der Waals surface area contributed by atoms with Crippen LogP contribution in [0.25, 0.3) is 10.9 Å². The van der Waals surface area contributed by atoms with Gasteiger partial charge in [-0.05, 0) is 65.9 Å². The summed E-state index contributed by atoms with van der Waals surface area (Å²) in [5, 5.41) is 2.28. The number of halogens is 5. The van der Waals surface area contributed by atoms with Gasteiger partial charge in [0.15, 0.2) is 0 Å². The summed E-state index contributed by atoms with van der Waals surface area (Å²) in [4.78, 5) is 7.17. The van der Waals surface area contributed by atoms with Crippen LogP contribution in [0.1, 0.15) is 63.9 Å². The monoisotopic (exact) mass is 775 g/mol. The first-order chi connectivity index (χ1) is 26.2. The third kappa shape index (κ3) is 7.73. The van der Waals surface area contributed by atoms with E-state index in [1.807, 2.05) is 48.2 Å². The minimum atomic E-state index is -3.11. The average Bonchev–Trinajstić information content (AvgIpc) is 3.47. The molecule has 1 fully saturated rings. The van der Waals surface area contributed by atoms with Crippen LogP contribution in [-0.4, -0.2) is 80.4 Å². The number of ether oxygens (including phenoxy) is 1. The van der Waals surface area contributed by atoms with Gasteiger partial charge in [0.1, 0.15) is 35.0 Å². The molecule has 55 heavy (non-hydrogen) atoms. The van der Waals surface area contributed by atoms with Gasteiger partial charge in [0.25, 0.3) is 8.32 Å². The third-order valence-corrected chi connectivity index (χ3v) is 16.2. The van der Waals surface area contributed by atoms with E-state index in [2.05, 4.69) is 50.0 Å². The van der Waals surface area contributed by atoms with Crippen molar-refractivity contribution in [3.63, 3.8) is 0 Å². The fourth-order valence-electron chi connectivity index (χ4n) is 8.68. The number of likely N-dealkylation sites (tertiary alicyclic amines) is 1. The van der Waals surface area contributed by atoms with Gasteiger partial charge in [0.2, 0.25) is 0 Å². The Kier molecular flexibility index (Phi) is 11.0. The number of hydrogen-bond acceptors (Lipinski definition) is 4. The van der Waals surface area contributed by atoms with E-state index in [0.29, 0.717) is 49.1 Å². The van der Waals surface area contributed by atoms with Gasteiger partial charge in [-0.3, -0.25) is 14.2 Å². The summed E-state index contributed by atoms with van der Waals surface area (Å²) in [7, 11) is -3.11. The second-order valence-corrected chi connectivity index (χ2v) is 20.8. The third-order valence-electron chi connectivity index (χ3n) is 11.3. The number of aromatic amines is 1. The number of nitrogens with zero attached hydrogens (tertiary/aromatic N) is 2. The summed E-state index contributed by atoms with van der Waals surface area (Å²) in [6.07, 6.45) is 0.562. The largest absolute Gasteiger partial charge is 0.488 e. The fourth-order valence-corrected chi connectivity index (χ4v) is 13.3. The molecule has 2 aliphatic heterocycles. The summed E-state index contributed by atoms with van der Waals surface area (Å²) in [5.41, 5.74) is -0.338. The summed E-state index contributed by atoms with van der Waals surface area (Å²) in [5.74, 6) is -2.02. The Balaban J connectivity index is 1.24. The van der Waals surface area contributed by atoms with Crippen molar-refractivity contribution in [1.82, 2.24) is 14.8 Å². The minimum absolute atomic E-state index is 0.0530. The second kappa shape index (κ2) is 15.5. The average molecular weight is 776 g/mol. The van der Waals surface area contributed by atoms with E-state index in [4.69, 9.17) is 9.16 Å². The van der Waals surface area contributed by atoms with Crippen LogP contribution < -0.4 is 15.1 Å². The van der Waals surface area contributed by atoms with E-state index in [0.717, 1.165) is 15.9 Å². The molecule has 7 rings (SSSR count). The van der Waals surface area contributed by atoms with Gasteiger partial charge in [0.05, 0.1) is 19.3 Å². The molecule has 0 amide bonds. The van der Waals surface area contributed by atoms with E-state index in [1.54, 1.807) is 11.0 Å². The van der Waals surface area contributed by atoms with Crippen molar-refractivity contribution < 1.29 is 31.1 Å². The molecule has 0 spiro atoms. The molecule has 292 valence electrons. The molecule has 11 heteroatoms. The first-order valence-electron chi connectivity index (χ1n) is 19.1. The van der Waals surface area contributed by atoms with Gasteiger partial charge in [-0.1, -0.05) is 81.4 Å². The van der Waals surface area contributed by atoms with Crippen molar-refractivity contribution >= 4 is 29.6 Å². The van der Waals surface area contributed by atoms with Crippen LogP contribution in [0.5, 0.6) is 5.75 Å². The Labute approximate surface area is 321 Å². The van der Waals surface area contributed by atoms with Crippen LogP contribution in [0.3, 0.4) is 0 Å². The zero-order valence-corrected chi connectivity index (χ0v) is 33.1. The molecule has 0 radical (unpaired) electrons. The molecule has 0 aliphatic carbocycles. The van der Waals surface area contributed by atoms with Crippen molar-refractivity contribution in [3.8, 4) is 5.75 Å². The van der Waals surface area contributed by atoms with Gasteiger partial charge >= 0.3 is 0 Å². The molecule has 3 heterocycles. The van der Waals surface area contributed by atoms with Gasteiger partial charge < -0.3 is 14.1 Å². The van der Waals surface area contributed by atoms with Crippen molar-refractivity contribution in [3.05, 3.63) is 125 Å². The zero-order chi connectivity index (χ0) is 39.1. The molecule has 0 bridgehead atoms. The highest BCUT2D eigenvalue weighted by Crippen LogP contribution is 2.45. The van der Waals surface area contributed by atoms with Gasteiger partial charge in [0, 0.05) is 66.5 Å².